The minimum atomic E-state index is 0. The second-order valence-electron chi connectivity index (χ2n) is 0. The Morgan fingerprint density at radius 3 is 0.750 bits per heavy atom. The van der Waals surface area contributed by atoms with Crippen molar-refractivity contribution in [3.8, 4) is 0 Å². The molecule has 1 radical (unpaired) electrons. The van der Waals surface area contributed by atoms with Crippen LogP contribution in [0.3, 0.4) is 0 Å². The van der Waals surface area contributed by atoms with Crippen LogP contribution in [0.15, 0.2) is 0 Å². The van der Waals surface area contributed by atoms with Gasteiger partial charge in [-0.15, -0.1) is 0 Å². The van der Waals surface area contributed by atoms with Crippen molar-refractivity contribution in [2.45, 2.75) is 0 Å². The Balaban J connectivity index is 0. The smallest absolute Gasteiger partial charge is 1.00 e. The average molecular weight is 189 g/mol. The maximum Gasteiger partial charge on any atom is 2.00 e. The Morgan fingerprint density at radius 2 is 0.750 bits per heavy atom. The molecule has 0 aromatic carbocycles. The molecule has 4 heavy (non-hydrogen) atoms. The standard InChI is InChI=1S/2ClH.Co.Ni/h2*1H;;/q;;+2;/p-2. The van der Waals surface area contributed by atoms with E-state index in [0.717, 1.165) is 0 Å². The molecule has 0 rings (SSSR count). The van der Waals surface area contributed by atoms with E-state index in [1.807, 2.05) is 0 Å². The number of rotatable bonds is 0. The summed E-state index contributed by atoms with van der Waals surface area (Å²) in [6.45, 7) is 0. The molecule has 0 saturated carbocycles. The van der Waals surface area contributed by atoms with E-state index in [1.54, 1.807) is 0 Å². The number of hydrogen-bond acceptors (Lipinski definition) is 0. The first kappa shape index (κ1) is 46.9. The van der Waals surface area contributed by atoms with Gasteiger partial charge in [0.05, 0.1) is 0 Å². The van der Waals surface area contributed by atoms with Gasteiger partial charge in [-0.1, -0.05) is 0 Å². The molecule has 0 aromatic rings. The monoisotopic (exact) mass is 187 g/mol. The third kappa shape index (κ3) is 9.55. The molecule has 0 heterocycles. The largest absolute Gasteiger partial charge is 2.00 e. The van der Waals surface area contributed by atoms with Gasteiger partial charge in [0.15, 0.2) is 0 Å². The maximum atomic E-state index is 0. The molecule has 0 nitrogen and oxygen atoms in total. The summed E-state index contributed by atoms with van der Waals surface area (Å²) in [5, 5.41) is 0. The van der Waals surface area contributed by atoms with Crippen molar-refractivity contribution < 1.29 is 58.1 Å². The first-order valence-electron chi connectivity index (χ1n) is 0. The zero-order valence-electron chi connectivity index (χ0n) is 1.41. The van der Waals surface area contributed by atoms with Crippen LogP contribution in [-0.4, -0.2) is 0 Å². The van der Waals surface area contributed by atoms with Gasteiger partial charge in [-0.25, -0.2) is 0 Å². The molecule has 0 amide bonds. The second-order valence-corrected chi connectivity index (χ2v) is 0. The topological polar surface area (TPSA) is 0 Å². The minimum absolute atomic E-state index is 0. The fraction of sp³-hybridized carbons (Fsp3) is 0. The van der Waals surface area contributed by atoms with Crippen molar-refractivity contribution >= 4 is 0 Å². The number of hydrogen-bond donors (Lipinski definition) is 0. The molecule has 0 aliphatic heterocycles. The Kier molecular flexibility index (Phi) is 276. The van der Waals surface area contributed by atoms with Crippen LogP contribution in [0, 0.1) is 0 Å². The van der Waals surface area contributed by atoms with E-state index in [1.165, 1.54) is 0 Å². The van der Waals surface area contributed by atoms with E-state index in [0.29, 0.717) is 0 Å². The zero-order chi connectivity index (χ0) is 0. The van der Waals surface area contributed by atoms with E-state index in [9.17, 15) is 0 Å². The summed E-state index contributed by atoms with van der Waals surface area (Å²) < 4.78 is 0. The molecule has 0 bridgehead atoms. The molecule has 33 valence electrons. The van der Waals surface area contributed by atoms with Gasteiger partial charge in [-0.3, -0.25) is 0 Å². The number of halogens is 2. The Bertz CT molecular complexity index is 6.00. The summed E-state index contributed by atoms with van der Waals surface area (Å²) >= 11 is 0. The van der Waals surface area contributed by atoms with E-state index in [4.69, 9.17) is 0 Å². The van der Waals surface area contributed by atoms with Crippen LogP contribution in [0.25, 0.3) is 0 Å². The molecule has 0 saturated heterocycles. The van der Waals surface area contributed by atoms with Crippen LogP contribution in [0.1, 0.15) is 0 Å². The van der Waals surface area contributed by atoms with Crippen LogP contribution >= 0.6 is 0 Å². The second kappa shape index (κ2) is 23.5. The van der Waals surface area contributed by atoms with Crippen molar-refractivity contribution in [1.29, 1.82) is 0 Å². The van der Waals surface area contributed by atoms with Crippen molar-refractivity contribution in [2.75, 3.05) is 0 Å². The van der Waals surface area contributed by atoms with E-state index < -0.39 is 0 Å². The summed E-state index contributed by atoms with van der Waals surface area (Å²) in [6.07, 6.45) is 0. The summed E-state index contributed by atoms with van der Waals surface area (Å²) in [7, 11) is 0. The summed E-state index contributed by atoms with van der Waals surface area (Å²) in [5.74, 6) is 0. The van der Waals surface area contributed by atoms with Crippen LogP contribution < -0.4 is 24.8 Å². The zero-order valence-corrected chi connectivity index (χ0v) is 4.95. The fourth-order valence-corrected chi connectivity index (χ4v) is 0. The van der Waals surface area contributed by atoms with Crippen molar-refractivity contribution in [2.24, 2.45) is 0 Å². The molecule has 0 spiro atoms. The predicted octanol–water partition coefficient (Wildman–Crippen LogP) is -6.00. The predicted molar refractivity (Wildman–Crippen MR) is 0 cm³/mol. The van der Waals surface area contributed by atoms with Gasteiger partial charge in [0.2, 0.25) is 0 Å². The Hall–Kier alpha value is 1.58. The first-order valence-corrected chi connectivity index (χ1v) is 0. The van der Waals surface area contributed by atoms with Crippen LogP contribution in [0.2, 0.25) is 0 Å². The van der Waals surface area contributed by atoms with E-state index >= 15 is 0 Å². The van der Waals surface area contributed by atoms with Crippen LogP contribution in [0.5, 0.6) is 0 Å². The molecule has 4 heteroatoms. The van der Waals surface area contributed by atoms with Gasteiger partial charge in [-0.05, 0) is 0 Å². The van der Waals surface area contributed by atoms with E-state index in [2.05, 4.69) is 0 Å². The first-order chi connectivity index (χ1) is 0. The molecule has 0 fully saturated rings. The summed E-state index contributed by atoms with van der Waals surface area (Å²) in [5.41, 5.74) is 0. The third-order valence-electron chi connectivity index (χ3n) is 0. The van der Waals surface area contributed by atoms with Gasteiger partial charge in [0.1, 0.15) is 0 Å². The van der Waals surface area contributed by atoms with Gasteiger partial charge < -0.3 is 24.8 Å². The molecule has 0 aliphatic rings. The molecule has 0 N–H and O–H groups in total. The van der Waals surface area contributed by atoms with Gasteiger partial charge >= 0.3 is 16.8 Å². The van der Waals surface area contributed by atoms with Gasteiger partial charge in [-0.2, -0.15) is 0 Å². The Morgan fingerprint density at radius 1 is 0.750 bits per heavy atom. The maximum absolute atomic E-state index is 0. The normalized spacial score (nSPS) is 0. The van der Waals surface area contributed by atoms with E-state index in [-0.39, 0.29) is 58.1 Å². The van der Waals surface area contributed by atoms with Gasteiger partial charge in [0, 0.05) is 16.5 Å². The molecular weight excluding hydrogens is 189 g/mol. The third-order valence-corrected chi connectivity index (χ3v) is 0. The molecule has 0 unspecified atom stereocenters. The molecule has 0 aliphatic carbocycles. The van der Waals surface area contributed by atoms with Gasteiger partial charge in [0.25, 0.3) is 0 Å². The van der Waals surface area contributed by atoms with Crippen molar-refractivity contribution in [1.82, 2.24) is 0 Å². The molecular formula is Cl2CoNi. The van der Waals surface area contributed by atoms with Crippen LogP contribution in [-0.2, 0) is 33.3 Å². The van der Waals surface area contributed by atoms with Crippen molar-refractivity contribution in [3.05, 3.63) is 0 Å². The summed E-state index contributed by atoms with van der Waals surface area (Å²) in [6, 6.07) is 0. The fourth-order valence-electron chi connectivity index (χ4n) is 0. The molecule has 0 atom stereocenters. The summed E-state index contributed by atoms with van der Waals surface area (Å²) in [4.78, 5) is 0. The molecule has 0 aromatic heterocycles. The quantitative estimate of drug-likeness (QED) is 0.332. The van der Waals surface area contributed by atoms with Crippen LogP contribution in [0.4, 0.5) is 0 Å². The SMILES string of the molecule is [Cl-].[Cl-].[Co+2].[Ni]. The van der Waals surface area contributed by atoms with Crippen molar-refractivity contribution in [3.63, 3.8) is 0 Å². The minimum Gasteiger partial charge on any atom is -1.00 e. The Labute approximate surface area is 58.0 Å². The average Bonchev–Trinajstić information content (AvgIpc) is 0.